The van der Waals surface area contributed by atoms with Crippen LogP contribution in [0.3, 0.4) is 0 Å². The van der Waals surface area contributed by atoms with Crippen molar-refractivity contribution in [3.05, 3.63) is 40.6 Å². The minimum Gasteiger partial charge on any atom is -0.494 e. The predicted octanol–water partition coefficient (Wildman–Crippen LogP) is 1.84. The lowest BCUT2D eigenvalue weighted by molar-refractivity contribution is -0.119. The molecular formula is C18H20N2O6S. The number of nitrogens with zero attached hydrogens (tertiary/aromatic N) is 2. The fraction of sp³-hybridized carbons (Fsp3) is 0.389. The Morgan fingerprint density at radius 1 is 1.33 bits per heavy atom. The highest BCUT2D eigenvalue weighted by Crippen LogP contribution is 2.20. The topological polar surface area (TPSA) is 88.4 Å². The molecule has 0 radical (unpaired) electrons. The van der Waals surface area contributed by atoms with Crippen molar-refractivity contribution < 1.29 is 28.5 Å². The van der Waals surface area contributed by atoms with Crippen LogP contribution in [0, 0.1) is 0 Å². The van der Waals surface area contributed by atoms with Gasteiger partial charge in [0.05, 0.1) is 29.0 Å². The molecule has 1 aromatic carbocycles. The number of thiazole rings is 1. The highest BCUT2D eigenvalue weighted by molar-refractivity contribution is 7.16. The Hall–Kier alpha value is -2.65. The van der Waals surface area contributed by atoms with Gasteiger partial charge in [0.15, 0.2) is 4.80 Å². The normalized spacial score (nSPS) is 14.4. The zero-order valence-corrected chi connectivity index (χ0v) is 15.9. The van der Waals surface area contributed by atoms with Crippen LogP contribution in [0.5, 0.6) is 0 Å². The Morgan fingerprint density at radius 3 is 2.89 bits per heavy atom. The molecule has 144 valence electrons. The van der Waals surface area contributed by atoms with Crippen LogP contribution >= 0.6 is 11.3 Å². The lowest BCUT2D eigenvalue weighted by Gasteiger charge is -2.12. The van der Waals surface area contributed by atoms with Crippen molar-refractivity contribution in [2.45, 2.75) is 13.5 Å². The Kier molecular flexibility index (Phi) is 6.25. The van der Waals surface area contributed by atoms with E-state index in [9.17, 15) is 9.59 Å². The molecule has 1 aromatic heterocycles. The molecule has 0 unspecified atom stereocenters. The van der Waals surface area contributed by atoms with E-state index in [0.29, 0.717) is 43.3 Å². The molecule has 2 heterocycles. The van der Waals surface area contributed by atoms with E-state index in [1.165, 1.54) is 17.6 Å². The minimum atomic E-state index is -0.516. The standard InChI is InChI=1S/C18H20N2O6S/c1-3-25-17(22)12-4-5-13-15(10-12)27-18(20(13)6-7-23-2)19-16(21)14-11-24-8-9-26-14/h4-5,10-11H,3,6-9H2,1-2H3. The number of benzene rings is 1. The molecule has 0 N–H and O–H groups in total. The molecule has 0 saturated carbocycles. The smallest absolute Gasteiger partial charge is 0.338 e. The second-order valence-electron chi connectivity index (χ2n) is 5.55. The molecule has 0 atom stereocenters. The first-order valence-corrected chi connectivity index (χ1v) is 9.28. The average Bonchev–Trinajstić information content (AvgIpc) is 3.03. The first kappa shape index (κ1) is 19.1. The Labute approximate surface area is 159 Å². The summed E-state index contributed by atoms with van der Waals surface area (Å²) in [6.07, 6.45) is 1.28. The number of carbonyl (C=O) groups is 2. The van der Waals surface area contributed by atoms with Crippen LogP contribution in [-0.4, -0.2) is 50.0 Å². The van der Waals surface area contributed by atoms with Crippen molar-refractivity contribution >= 4 is 33.4 Å². The molecule has 0 saturated heterocycles. The number of hydrogen-bond acceptors (Lipinski definition) is 7. The molecule has 1 amide bonds. The maximum Gasteiger partial charge on any atom is 0.338 e. The summed E-state index contributed by atoms with van der Waals surface area (Å²) in [5.41, 5.74) is 1.31. The van der Waals surface area contributed by atoms with Crippen LogP contribution in [0.1, 0.15) is 17.3 Å². The van der Waals surface area contributed by atoms with Crippen molar-refractivity contribution in [1.82, 2.24) is 4.57 Å². The largest absolute Gasteiger partial charge is 0.494 e. The second kappa shape index (κ2) is 8.83. The van der Waals surface area contributed by atoms with Gasteiger partial charge < -0.3 is 23.5 Å². The van der Waals surface area contributed by atoms with E-state index in [1.54, 1.807) is 26.2 Å². The second-order valence-corrected chi connectivity index (χ2v) is 6.56. The van der Waals surface area contributed by atoms with Crippen molar-refractivity contribution in [3.63, 3.8) is 0 Å². The third-order valence-corrected chi connectivity index (χ3v) is 4.81. The van der Waals surface area contributed by atoms with E-state index in [4.69, 9.17) is 18.9 Å². The monoisotopic (exact) mass is 392 g/mol. The summed E-state index contributed by atoms with van der Waals surface area (Å²) in [4.78, 5) is 29.0. The number of aromatic nitrogens is 1. The average molecular weight is 392 g/mol. The molecule has 9 heteroatoms. The Balaban J connectivity index is 2.04. The molecule has 0 bridgehead atoms. The molecule has 2 aromatic rings. The SMILES string of the molecule is CCOC(=O)c1ccc2c(c1)sc(=NC(=O)C1=COCCO1)n2CCOC. The summed E-state index contributed by atoms with van der Waals surface area (Å²) >= 11 is 1.30. The molecule has 0 fully saturated rings. The lowest BCUT2D eigenvalue weighted by atomic mass is 10.2. The maximum atomic E-state index is 12.4. The molecule has 27 heavy (non-hydrogen) atoms. The fourth-order valence-electron chi connectivity index (χ4n) is 2.52. The molecule has 3 rings (SSSR count). The predicted molar refractivity (Wildman–Crippen MR) is 98.2 cm³/mol. The Morgan fingerprint density at radius 2 is 2.19 bits per heavy atom. The molecule has 1 aliphatic heterocycles. The molecule has 0 spiro atoms. The van der Waals surface area contributed by atoms with Gasteiger partial charge in [-0.1, -0.05) is 11.3 Å². The van der Waals surface area contributed by atoms with Gasteiger partial charge >= 0.3 is 11.9 Å². The molecule has 0 aliphatic carbocycles. The summed E-state index contributed by atoms with van der Waals surface area (Å²) in [7, 11) is 1.61. The van der Waals surface area contributed by atoms with Crippen LogP contribution in [-0.2, 0) is 30.3 Å². The van der Waals surface area contributed by atoms with Crippen molar-refractivity contribution in [2.24, 2.45) is 4.99 Å². The van der Waals surface area contributed by atoms with E-state index in [-0.39, 0.29) is 11.7 Å². The summed E-state index contributed by atoms with van der Waals surface area (Å²) < 4.78 is 23.3. The van der Waals surface area contributed by atoms with Crippen molar-refractivity contribution in [1.29, 1.82) is 0 Å². The van der Waals surface area contributed by atoms with Crippen LogP contribution in [0.2, 0.25) is 0 Å². The van der Waals surface area contributed by atoms with Gasteiger partial charge in [0, 0.05) is 13.7 Å². The van der Waals surface area contributed by atoms with Gasteiger partial charge in [-0.25, -0.2) is 4.79 Å². The van der Waals surface area contributed by atoms with Gasteiger partial charge in [0.1, 0.15) is 19.5 Å². The minimum absolute atomic E-state index is 0.0733. The van der Waals surface area contributed by atoms with Crippen LogP contribution in [0.15, 0.2) is 35.2 Å². The number of hydrogen-bond donors (Lipinski definition) is 0. The summed E-state index contributed by atoms with van der Waals surface area (Å²) in [5, 5.41) is 0. The first-order valence-electron chi connectivity index (χ1n) is 8.47. The number of carbonyl (C=O) groups excluding carboxylic acids is 2. The summed E-state index contributed by atoms with van der Waals surface area (Å²) in [5.74, 6) is -0.828. The molecule has 1 aliphatic rings. The van der Waals surface area contributed by atoms with E-state index in [2.05, 4.69) is 4.99 Å². The van der Waals surface area contributed by atoms with E-state index >= 15 is 0 Å². The van der Waals surface area contributed by atoms with Crippen LogP contribution in [0.4, 0.5) is 0 Å². The lowest BCUT2D eigenvalue weighted by Crippen LogP contribution is -2.21. The number of amides is 1. The van der Waals surface area contributed by atoms with Gasteiger partial charge in [0.25, 0.3) is 0 Å². The quantitative estimate of drug-likeness (QED) is 0.697. The highest BCUT2D eigenvalue weighted by atomic mass is 32.1. The van der Waals surface area contributed by atoms with Gasteiger partial charge in [-0.2, -0.15) is 4.99 Å². The summed E-state index contributed by atoms with van der Waals surface area (Å²) in [6, 6.07) is 5.25. The zero-order valence-electron chi connectivity index (χ0n) is 15.1. The van der Waals surface area contributed by atoms with Gasteiger partial charge in [-0.05, 0) is 25.1 Å². The molecular weight excluding hydrogens is 372 g/mol. The zero-order chi connectivity index (χ0) is 19.2. The van der Waals surface area contributed by atoms with E-state index in [0.717, 1.165) is 10.2 Å². The van der Waals surface area contributed by atoms with Gasteiger partial charge in [-0.15, -0.1) is 0 Å². The number of fused-ring (bicyclic) bond motifs is 1. The number of ether oxygens (including phenoxy) is 4. The third-order valence-electron chi connectivity index (χ3n) is 3.77. The van der Waals surface area contributed by atoms with Crippen LogP contribution in [0.25, 0.3) is 10.2 Å². The summed E-state index contributed by atoms with van der Waals surface area (Å²) in [6.45, 7) is 3.75. The van der Waals surface area contributed by atoms with Crippen LogP contribution < -0.4 is 4.80 Å². The maximum absolute atomic E-state index is 12.4. The number of rotatable bonds is 6. The first-order chi connectivity index (χ1) is 13.1. The number of methoxy groups -OCH3 is 1. The van der Waals surface area contributed by atoms with E-state index < -0.39 is 5.91 Å². The fourth-order valence-corrected chi connectivity index (χ4v) is 3.61. The number of esters is 1. The highest BCUT2D eigenvalue weighted by Gasteiger charge is 2.16. The van der Waals surface area contributed by atoms with E-state index in [1.807, 2.05) is 10.6 Å². The van der Waals surface area contributed by atoms with Gasteiger partial charge in [0.2, 0.25) is 5.76 Å². The van der Waals surface area contributed by atoms with Crippen molar-refractivity contribution in [2.75, 3.05) is 33.5 Å². The van der Waals surface area contributed by atoms with Gasteiger partial charge in [-0.3, -0.25) is 4.79 Å². The Bertz CT molecular complexity index is 943. The third kappa shape index (κ3) is 4.37. The van der Waals surface area contributed by atoms with Crippen molar-refractivity contribution in [3.8, 4) is 0 Å². The molecule has 8 nitrogen and oxygen atoms in total.